The quantitative estimate of drug-likeness (QED) is 0.804. The Hall–Kier alpha value is -2.60. The number of aromatic nitrogens is 3. The summed E-state index contributed by atoms with van der Waals surface area (Å²) < 4.78 is 0. The van der Waals surface area contributed by atoms with Crippen LogP contribution in [0.15, 0.2) is 48.4 Å². The van der Waals surface area contributed by atoms with Crippen LogP contribution in [0, 0.1) is 6.92 Å². The third-order valence-corrected chi connectivity index (χ3v) is 4.13. The molecule has 0 saturated heterocycles. The first-order valence-corrected chi connectivity index (χ1v) is 7.65. The summed E-state index contributed by atoms with van der Waals surface area (Å²) in [4.78, 5) is 25.2. The van der Waals surface area contributed by atoms with Crippen LogP contribution in [0.2, 0.25) is 0 Å². The highest BCUT2D eigenvalue weighted by Gasteiger charge is 2.11. The lowest BCUT2D eigenvalue weighted by Crippen LogP contribution is -2.22. The minimum atomic E-state index is -0.0951. The van der Waals surface area contributed by atoms with E-state index in [2.05, 4.69) is 20.3 Å². The van der Waals surface area contributed by atoms with Gasteiger partial charge in [-0.2, -0.15) is 0 Å². The van der Waals surface area contributed by atoms with E-state index < -0.39 is 0 Å². The van der Waals surface area contributed by atoms with Crippen molar-refractivity contribution in [3.8, 4) is 11.3 Å². The predicted octanol–water partition coefficient (Wildman–Crippen LogP) is 2.84. The largest absolute Gasteiger partial charge is 0.347 e. The summed E-state index contributed by atoms with van der Waals surface area (Å²) >= 11 is 1.35. The van der Waals surface area contributed by atoms with Crippen LogP contribution in [0.4, 0.5) is 0 Å². The SMILES string of the molecule is Cc1ncsc1C(=O)NCc1ccnc(-c2ccncc2)c1. The zero-order chi connectivity index (χ0) is 15.4. The molecule has 3 heterocycles. The number of nitrogens with one attached hydrogen (secondary N) is 1. The van der Waals surface area contributed by atoms with E-state index in [-0.39, 0.29) is 5.91 Å². The smallest absolute Gasteiger partial charge is 0.263 e. The van der Waals surface area contributed by atoms with Crippen LogP contribution in [0.25, 0.3) is 11.3 Å². The van der Waals surface area contributed by atoms with Gasteiger partial charge >= 0.3 is 0 Å². The fourth-order valence-corrected chi connectivity index (χ4v) is 2.77. The summed E-state index contributed by atoms with van der Waals surface area (Å²) in [5.74, 6) is -0.0951. The van der Waals surface area contributed by atoms with E-state index in [0.29, 0.717) is 11.4 Å². The van der Waals surface area contributed by atoms with Gasteiger partial charge in [0, 0.05) is 30.7 Å². The van der Waals surface area contributed by atoms with E-state index in [1.54, 1.807) is 24.1 Å². The van der Waals surface area contributed by atoms with Gasteiger partial charge in [0.25, 0.3) is 5.91 Å². The molecule has 0 atom stereocenters. The Kier molecular flexibility index (Phi) is 4.20. The summed E-state index contributed by atoms with van der Waals surface area (Å²) in [5.41, 5.74) is 5.30. The monoisotopic (exact) mass is 310 g/mol. The van der Waals surface area contributed by atoms with E-state index >= 15 is 0 Å². The average Bonchev–Trinajstić information content (AvgIpc) is 3.00. The molecule has 0 aliphatic rings. The van der Waals surface area contributed by atoms with Crippen LogP contribution in [-0.2, 0) is 6.54 Å². The molecule has 0 fully saturated rings. The number of pyridine rings is 2. The molecule has 0 radical (unpaired) electrons. The Bertz CT molecular complexity index is 786. The van der Waals surface area contributed by atoms with Crippen LogP contribution in [0.1, 0.15) is 20.9 Å². The molecule has 0 unspecified atom stereocenters. The first-order valence-electron chi connectivity index (χ1n) is 6.77. The van der Waals surface area contributed by atoms with Crippen molar-refractivity contribution < 1.29 is 4.79 Å². The minimum Gasteiger partial charge on any atom is -0.347 e. The molecular weight excluding hydrogens is 296 g/mol. The molecule has 3 rings (SSSR count). The van der Waals surface area contributed by atoms with Gasteiger partial charge in [-0.15, -0.1) is 11.3 Å². The summed E-state index contributed by atoms with van der Waals surface area (Å²) in [6, 6.07) is 7.68. The molecule has 3 aromatic heterocycles. The van der Waals surface area contributed by atoms with Gasteiger partial charge in [0.2, 0.25) is 0 Å². The maximum atomic E-state index is 12.1. The van der Waals surface area contributed by atoms with Gasteiger partial charge in [-0.1, -0.05) is 0 Å². The van der Waals surface area contributed by atoms with Gasteiger partial charge in [-0.3, -0.25) is 14.8 Å². The highest BCUT2D eigenvalue weighted by atomic mass is 32.1. The van der Waals surface area contributed by atoms with E-state index in [4.69, 9.17) is 0 Å². The van der Waals surface area contributed by atoms with Gasteiger partial charge in [-0.25, -0.2) is 4.98 Å². The van der Waals surface area contributed by atoms with Crippen molar-refractivity contribution in [1.82, 2.24) is 20.3 Å². The molecule has 0 aliphatic heterocycles. The molecule has 0 aliphatic carbocycles. The number of hydrogen-bond acceptors (Lipinski definition) is 5. The van der Waals surface area contributed by atoms with Crippen LogP contribution in [-0.4, -0.2) is 20.9 Å². The van der Waals surface area contributed by atoms with Gasteiger partial charge in [-0.05, 0) is 36.8 Å². The van der Waals surface area contributed by atoms with Crippen molar-refractivity contribution in [2.24, 2.45) is 0 Å². The fraction of sp³-hybridized carbons (Fsp3) is 0.125. The average molecular weight is 310 g/mol. The highest BCUT2D eigenvalue weighted by Crippen LogP contribution is 2.17. The molecule has 1 N–H and O–H groups in total. The van der Waals surface area contributed by atoms with E-state index in [0.717, 1.165) is 22.5 Å². The molecule has 0 saturated carbocycles. The lowest BCUT2D eigenvalue weighted by atomic mass is 10.1. The zero-order valence-electron chi connectivity index (χ0n) is 12.0. The first kappa shape index (κ1) is 14.3. The molecule has 110 valence electrons. The maximum absolute atomic E-state index is 12.1. The normalized spacial score (nSPS) is 10.4. The molecule has 0 bridgehead atoms. The third kappa shape index (κ3) is 3.17. The fourth-order valence-electron chi connectivity index (χ4n) is 2.05. The van der Waals surface area contributed by atoms with Crippen molar-refractivity contribution in [1.29, 1.82) is 0 Å². The van der Waals surface area contributed by atoms with Crippen LogP contribution in [0.3, 0.4) is 0 Å². The van der Waals surface area contributed by atoms with Crippen LogP contribution in [0.5, 0.6) is 0 Å². The summed E-state index contributed by atoms with van der Waals surface area (Å²) in [6.07, 6.45) is 5.21. The first-order chi connectivity index (χ1) is 10.7. The molecule has 0 aromatic carbocycles. The van der Waals surface area contributed by atoms with Crippen LogP contribution < -0.4 is 5.32 Å². The molecule has 0 spiro atoms. The number of aryl methyl sites for hydroxylation is 1. The number of carbonyl (C=O) groups is 1. The van der Waals surface area contributed by atoms with Gasteiger partial charge in [0.15, 0.2) is 0 Å². The van der Waals surface area contributed by atoms with Crippen LogP contribution >= 0.6 is 11.3 Å². The Labute approximate surface area is 132 Å². The Morgan fingerprint density at radius 3 is 2.73 bits per heavy atom. The number of thiazole rings is 1. The third-order valence-electron chi connectivity index (χ3n) is 3.21. The second-order valence-electron chi connectivity index (χ2n) is 4.73. The standard InChI is InChI=1S/C16H14N4OS/c1-11-15(22-10-20-11)16(21)19-9-12-2-7-18-14(8-12)13-3-5-17-6-4-13/h2-8,10H,9H2,1H3,(H,19,21). The summed E-state index contributed by atoms with van der Waals surface area (Å²) in [5, 5.41) is 2.91. The highest BCUT2D eigenvalue weighted by molar-refractivity contribution is 7.11. The second-order valence-corrected chi connectivity index (χ2v) is 5.59. The number of nitrogens with zero attached hydrogens (tertiary/aromatic N) is 3. The number of hydrogen-bond donors (Lipinski definition) is 1. The Balaban J connectivity index is 1.71. The van der Waals surface area contributed by atoms with Gasteiger partial charge < -0.3 is 5.32 Å². The van der Waals surface area contributed by atoms with Gasteiger partial charge in [0.1, 0.15) is 4.88 Å². The van der Waals surface area contributed by atoms with Crippen molar-refractivity contribution in [2.75, 3.05) is 0 Å². The second kappa shape index (κ2) is 6.44. The number of rotatable bonds is 4. The van der Waals surface area contributed by atoms with Gasteiger partial charge in [0.05, 0.1) is 16.9 Å². The molecule has 3 aromatic rings. The lowest BCUT2D eigenvalue weighted by molar-refractivity contribution is 0.0954. The maximum Gasteiger partial charge on any atom is 0.263 e. The lowest BCUT2D eigenvalue weighted by Gasteiger charge is -2.06. The van der Waals surface area contributed by atoms with E-state index in [1.165, 1.54) is 11.3 Å². The van der Waals surface area contributed by atoms with Crippen molar-refractivity contribution in [3.63, 3.8) is 0 Å². The summed E-state index contributed by atoms with van der Waals surface area (Å²) in [6.45, 7) is 2.29. The predicted molar refractivity (Wildman–Crippen MR) is 85.5 cm³/mol. The topological polar surface area (TPSA) is 67.8 Å². The molecule has 6 heteroatoms. The summed E-state index contributed by atoms with van der Waals surface area (Å²) in [7, 11) is 0. The molecular formula is C16H14N4OS. The number of carbonyl (C=O) groups excluding carboxylic acids is 1. The van der Waals surface area contributed by atoms with Crippen molar-refractivity contribution in [3.05, 3.63) is 64.5 Å². The molecule has 5 nitrogen and oxygen atoms in total. The Morgan fingerprint density at radius 2 is 2.00 bits per heavy atom. The number of amides is 1. The van der Waals surface area contributed by atoms with E-state index in [1.807, 2.05) is 31.2 Å². The molecule has 1 amide bonds. The molecule has 22 heavy (non-hydrogen) atoms. The minimum absolute atomic E-state index is 0.0951. The Morgan fingerprint density at radius 1 is 1.18 bits per heavy atom. The zero-order valence-corrected chi connectivity index (χ0v) is 12.8. The van der Waals surface area contributed by atoms with Crippen molar-refractivity contribution >= 4 is 17.2 Å². The van der Waals surface area contributed by atoms with E-state index in [9.17, 15) is 4.79 Å². The van der Waals surface area contributed by atoms with Crippen molar-refractivity contribution in [2.45, 2.75) is 13.5 Å².